The predicted molar refractivity (Wildman–Crippen MR) is 62.8 cm³/mol. The Kier molecular flexibility index (Phi) is 3.01. The van der Waals surface area contributed by atoms with Crippen LogP contribution in [0.5, 0.6) is 0 Å². The minimum atomic E-state index is -0.0545. The highest BCUT2D eigenvalue weighted by molar-refractivity contribution is 5.15. The highest BCUT2D eigenvalue weighted by Gasteiger charge is 2.12. The molecular formula is C12H16N4. The Bertz CT molecular complexity index is 461. The lowest BCUT2D eigenvalue weighted by molar-refractivity contribution is 0.609. The number of aryl methyl sites for hydroxylation is 2. The van der Waals surface area contributed by atoms with Crippen LogP contribution < -0.4 is 5.73 Å². The van der Waals surface area contributed by atoms with Gasteiger partial charge < -0.3 is 5.73 Å². The van der Waals surface area contributed by atoms with Crippen LogP contribution in [-0.4, -0.2) is 14.8 Å². The normalized spacial score (nSPS) is 12.7. The first-order valence-electron chi connectivity index (χ1n) is 5.33. The molecule has 0 radical (unpaired) electrons. The maximum absolute atomic E-state index is 6.14. The molecular weight excluding hydrogens is 200 g/mol. The fourth-order valence-electron chi connectivity index (χ4n) is 1.83. The molecule has 84 valence electrons. The summed E-state index contributed by atoms with van der Waals surface area (Å²) in [7, 11) is 1.92. The van der Waals surface area contributed by atoms with Gasteiger partial charge in [-0.05, 0) is 25.1 Å². The average molecular weight is 216 g/mol. The van der Waals surface area contributed by atoms with E-state index in [1.807, 2.05) is 42.9 Å². The van der Waals surface area contributed by atoms with Crippen molar-refractivity contribution in [1.29, 1.82) is 0 Å². The minimum Gasteiger partial charge on any atom is -0.322 e. The molecule has 0 saturated heterocycles. The first-order chi connectivity index (χ1) is 7.66. The van der Waals surface area contributed by atoms with Crippen LogP contribution in [0.25, 0.3) is 0 Å². The zero-order valence-electron chi connectivity index (χ0n) is 9.59. The quantitative estimate of drug-likeness (QED) is 0.843. The van der Waals surface area contributed by atoms with Gasteiger partial charge in [-0.3, -0.25) is 9.67 Å². The molecule has 1 unspecified atom stereocenters. The smallest absolute Gasteiger partial charge is 0.0597 e. The average Bonchev–Trinajstić information content (AvgIpc) is 2.59. The van der Waals surface area contributed by atoms with Crippen molar-refractivity contribution >= 4 is 0 Å². The Labute approximate surface area is 95.1 Å². The molecule has 0 aliphatic heterocycles. The Morgan fingerprint density at radius 3 is 2.81 bits per heavy atom. The van der Waals surface area contributed by atoms with Crippen molar-refractivity contribution in [2.24, 2.45) is 12.8 Å². The van der Waals surface area contributed by atoms with E-state index < -0.39 is 0 Å². The van der Waals surface area contributed by atoms with Crippen LogP contribution >= 0.6 is 0 Å². The molecule has 0 saturated carbocycles. The van der Waals surface area contributed by atoms with E-state index in [9.17, 15) is 0 Å². The highest BCUT2D eigenvalue weighted by Crippen LogP contribution is 2.15. The van der Waals surface area contributed by atoms with E-state index in [-0.39, 0.29) is 6.04 Å². The molecule has 2 aromatic heterocycles. The third-order valence-corrected chi connectivity index (χ3v) is 2.57. The van der Waals surface area contributed by atoms with Crippen LogP contribution in [0, 0.1) is 6.92 Å². The van der Waals surface area contributed by atoms with Crippen molar-refractivity contribution in [3.05, 3.63) is 47.5 Å². The molecule has 0 aliphatic rings. The second-order valence-electron chi connectivity index (χ2n) is 3.97. The number of hydrogen-bond donors (Lipinski definition) is 1. The van der Waals surface area contributed by atoms with Gasteiger partial charge in [-0.2, -0.15) is 5.10 Å². The minimum absolute atomic E-state index is 0.0545. The molecule has 2 aromatic rings. The van der Waals surface area contributed by atoms with E-state index in [4.69, 9.17) is 5.73 Å². The van der Waals surface area contributed by atoms with Crippen LogP contribution in [0.15, 0.2) is 30.5 Å². The summed E-state index contributed by atoms with van der Waals surface area (Å²) >= 11 is 0. The molecule has 1 atom stereocenters. The summed E-state index contributed by atoms with van der Waals surface area (Å²) < 4.78 is 1.84. The van der Waals surface area contributed by atoms with Crippen LogP contribution in [-0.2, 0) is 13.5 Å². The van der Waals surface area contributed by atoms with Gasteiger partial charge in [0.1, 0.15) is 0 Å². The second kappa shape index (κ2) is 4.45. The van der Waals surface area contributed by atoms with E-state index in [2.05, 4.69) is 10.1 Å². The van der Waals surface area contributed by atoms with Gasteiger partial charge in [0.05, 0.1) is 17.4 Å². The molecule has 2 rings (SSSR count). The summed E-state index contributed by atoms with van der Waals surface area (Å²) in [4.78, 5) is 4.27. The van der Waals surface area contributed by atoms with Crippen molar-refractivity contribution in [2.45, 2.75) is 19.4 Å². The number of hydrogen-bond acceptors (Lipinski definition) is 3. The fraction of sp³-hybridized carbons (Fsp3) is 0.333. The predicted octanol–water partition coefficient (Wildman–Crippen LogP) is 1.37. The lowest BCUT2D eigenvalue weighted by Gasteiger charge is -2.11. The van der Waals surface area contributed by atoms with Crippen LogP contribution in [0.1, 0.15) is 23.1 Å². The van der Waals surface area contributed by atoms with Gasteiger partial charge in [-0.15, -0.1) is 0 Å². The monoisotopic (exact) mass is 216 g/mol. The number of pyridine rings is 1. The zero-order valence-corrected chi connectivity index (χ0v) is 9.59. The van der Waals surface area contributed by atoms with E-state index in [0.29, 0.717) is 0 Å². The molecule has 0 bridgehead atoms. The molecule has 0 amide bonds. The number of nitrogens with two attached hydrogens (primary N) is 1. The van der Waals surface area contributed by atoms with E-state index in [0.717, 1.165) is 23.5 Å². The number of rotatable bonds is 3. The van der Waals surface area contributed by atoms with Crippen molar-refractivity contribution in [1.82, 2.24) is 14.8 Å². The highest BCUT2D eigenvalue weighted by atomic mass is 15.3. The maximum Gasteiger partial charge on any atom is 0.0597 e. The Balaban J connectivity index is 2.14. The van der Waals surface area contributed by atoms with Gasteiger partial charge in [0.2, 0.25) is 0 Å². The van der Waals surface area contributed by atoms with Crippen LogP contribution in [0.3, 0.4) is 0 Å². The van der Waals surface area contributed by atoms with Gasteiger partial charge in [0.25, 0.3) is 0 Å². The number of nitrogens with zero attached hydrogens (tertiary/aromatic N) is 3. The largest absolute Gasteiger partial charge is 0.322 e. The molecule has 2 heterocycles. The van der Waals surface area contributed by atoms with Crippen molar-refractivity contribution in [2.75, 3.05) is 0 Å². The summed E-state index contributed by atoms with van der Waals surface area (Å²) in [5.74, 6) is 0. The van der Waals surface area contributed by atoms with E-state index in [1.165, 1.54) is 0 Å². The SMILES string of the molecule is Cc1cc(C(N)Cc2ccccn2)n(C)n1. The molecule has 2 N–H and O–H groups in total. The standard InChI is InChI=1S/C12H16N4/c1-9-7-12(16(2)15-9)11(13)8-10-5-3-4-6-14-10/h3-7,11H,8,13H2,1-2H3. The van der Waals surface area contributed by atoms with Crippen LogP contribution in [0.2, 0.25) is 0 Å². The number of aromatic nitrogens is 3. The van der Waals surface area contributed by atoms with E-state index in [1.54, 1.807) is 6.20 Å². The summed E-state index contributed by atoms with van der Waals surface area (Å²) in [6, 6.07) is 7.84. The van der Waals surface area contributed by atoms with E-state index >= 15 is 0 Å². The molecule has 0 aromatic carbocycles. The van der Waals surface area contributed by atoms with Crippen molar-refractivity contribution in [3.8, 4) is 0 Å². The van der Waals surface area contributed by atoms with Crippen LogP contribution in [0.4, 0.5) is 0 Å². The molecule has 0 aliphatic carbocycles. The zero-order chi connectivity index (χ0) is 11.5. The Morgan fingerprint density at radius 2 is 2.25 bits per heavy atom. The first-order valence-corrected chi connectivity index (χ1v) is 5.33. The summed E-state index contributed by atoms with van der Waals surface area (Å²) in [5.41, 5.74) is 9.19. The molecule has 0 spiro atoms. The molecule has 16 heavy (non-hydrogen) atoms. The molecule has 4 heteroatoms. The van der Waals surface area contributed by atoms with Gasteiger partial charge >= 0.3 is 0 Å². The van der Waals surface area contributed by atoms with Gasteiger partial charge in [0.15, 0.2) is 0 Å². The van der Waals surface area contributed by atoms with Crippen molar-refractivity contribution < 1.29 is 0 Å². The summed E-state index contributed by atoms with van der Waals surface area (Å²) in [6.07, 6.45) is 2.52. The summed E-state index contributed by atoms with van der Waals surface area (Å²) in [6.45, 7) is 1.97. The van der Waals surface area contributed by atoms with Crippen molar-refractivity contribution in [3.63, 3.8) is 0 Å². The Hall–Kier alpha value is -1.68. The third kappa shape index (κ3) is 2.28. The summed E-state index contributed by atoms with van der Waals surface area (Å²) in [5, 5.41) is 4.29. The third-order valence-electron chi connectivity index (χ3n) is 2.57. The lowest BCUT2D eigenvalue weighted by Crippen LogP contribution is -2.17. The first kappa shape index (κ1) is 10.8. The molecule has 0 fully saturated rings. The fourth-order valence-corrected chi connectivity index (χ4v) is 1.83. The maximum atomic E-state index is 6.14. The topological polar surface area (TPSA) is 56.7 Å². The van der Waals surface area contributed by atoms with Gasteiger partial charge in [-0.25, -0.2) is 0 Å². The van der Waals surface area contributed by atoms with Gasteiger partial charge in [0, 0.05) is 25.4 Å². The van der Waals surface area contributed by atoms with Gasteiger partial charge in [-0.1, -0.05) is 6.07 Å². The second-order valence-corrected chi connectivity index (χ2v) is 3.97. The lowest BCUT2D eigenvalue weighted by atomic mass is 10.1. The Morgan fingerprint density at radius 1 is 1.44 bits per heavy atom. The molecule has 4 nitrogen and oxygen atoms in total.